The van der Waals surface area contributed by atoms with Gasteiger partial charge in [-0.15, -0.1) is 0 Å². The van der Waals surface area contributed by atoms with Crippen LogP contribution in [0.1, 0.15) is 51.4 Å². The molecule has 18 heavy (non-hydrogen) atoms. The Bertz CT molecular complexity index is 324. The van der Waals surface area contributed by atoms with Gasteiger partial charge in [-0.3, -0.25) is 4.79 Å². The van der Waals surface area contributed by atoms with Crippen LogP contribution in [0.4, 0.5) is 0 Å². The van der Waals surface area contributed by atoms with Crippen LogP contribution in [0.3, 0.4) is 0 Å². The van der Waals surface area contributed by atoms with Gasteiger partial charge in [-0.1, -0.05) is 0 Å². The molecule has 4 aliphatic carbocycles. The number of carbonyl (C=O) groups excluding carboxylic acids is 1. The molecule has 5 fully saturated rings. The van der Waals surface area contributed by atoms with E-state index in [1.165, 1.54) is 19.3 Å². The van der Waals surface area contributed by atoms with Crippen molar-refractivity contribution in [3.63, 3.8) is 0 Å². The van der Waals surface area contributed by atoms with Gasteiger partial charge >= 0.3 is 5.97 Å². The number of hydrogen-bond donors (Lipinski definition) is 1. The Morgan fingerprint density at radius 2 is 1.67 bits per heavy atom. The zero-order valence-electron chi connectivity index (χ0n) is 11.0. The predicted octanol–water partition coefficient (Wildman–Crippen LogP) is 2.25. The van der Waals surface area contributed by atoms with Gasteiger partial charge in [-0.2, -0.15) is 0 Å². The molecule has 0 unspecified atom stereocenters. The first kappa shape index (κ1) is 11.3. The first-order chi connectivity index (χ1) is 8.72. The van der Waals surface area contributed by atoms with E-state index in [0.29, 0.717) is 0 Å². The summed E-state index contributed by atoms with van der Waals surface area (Å²) in [6.07, 6.45) is 9.73. The van der Waals surface area contributed by atoms with Crippen molar-refractivity contribution in [3.05, 3.63) is 0 Å². The number of carbonyl (C=O) groups is 1. The van der Waals surface area contributed by atoms with Crippen LogP contribution in [0.5, 0.6) is 0 Å². The molecule has 3 heteroatoms. The molecule has 4 bridgehead atoms. The minimum absolute atomic E-state index is 0.0157. The highest BCUT2D eigenvalue weighted by atomic mass is 16.6. The molecule has 0 radical (unpaired) electrons. The van der Waals surface area contributed by atoms with Gasteiger partial charge in [-0.25, -0.2) is 0 Å². The van der Waals surface area contributed by atoms with E-state index in [1.807, 2.05) is 0 Å². The average Bonchev–Trinajstić information content (AvgIpc) is 2.79. The SMILES string of the molecule is O=C(OC12CC3CC(CC(C3)C1)C2)[C@@H]1CCCN1. The van der Waals surface area contributed by atoms with Gasteiger partial charge in [-0.05, 0) is 75.7 Å². The lowest BCUT2D eigenvalue weighted by Crippen LogP contribution is -2.54. The molecule has 1 aliphatic heterocycles. The maximum atomic E-state index is 12.2. The van der Waals surface area contributed by atoms with Crippen LogP contribution in [0.2, 0.25) is 0 Å². The quantitative estimate of drug-likeness (QED) is 0.763. The lowest BCUT2D eigenvalue weighted by molar-refractivity contribution is -0.188. The molecular formula is C15H23NO2. The van der Waals surface area contributed by atoms with Crippen LogP contribution in [-0.4, -0.2) is 24.2 Å². The van der Waals surface area contributed by atoms with Crippen molar-refractivity contribution in [2.75, 3.05) is 6.54 Å². The Hall–Kier alpha value is -0.570. The van der Waals surface area contributed by atoms with E-state index in [4.69, 9.17) is 4.74 Å². The zero-order valence-corrected chi connectivity index (χ0v) is 11.0. The van der Waals surface area contributed by atoms with Crippen LogP contribution in [0, 0.1) is 17.8 Å². The van der Waals surface area contributed by atoms with Crippen LogP contribution in [0.15, 0.2) is 0 Å². The van der Waals surface area contributed by atoms with E-state index < -0.39 is 0 Å². The molecule has 100 valence electrons. The summed E-state index contributed by atoms with van der Waals surface area (Å²) in [5.41, 5.74) is -0.0594. The molecule has 1 heterocycles. The molecule has 0 spiro atoms. The third kappa shape index (κ3) is 1.78. The van der Waals surface area contributed by atoms with E-state index in [1.54, 1.807) is 0 Å². The molecule has 0 aromatic carbocycles. The number of hydrogen-bond acceptors (Lipinski definition) is 3. The summed E-state index contributed by atoms with van der Waals surface area (Å²) in [6.45, 7) is 0.973. The minimum atomic E-state index is -0.0594. The molecule has 1 N–H and O–H groups in total. The summed E-state index contributed by atoms with van der Waals surface area (Å²) in [4.78, 5) is 12.2. The molecule has 3 nitrogen and oxygen atoms in total. The molecular weight excluding hydrogens is 226 g/mol. The van der Waals surface area contributed by atoms with Gasteiger partial charge in [0, 0.05) is 0 Å². The fourth-order valence-electron chi connectivity index (χ4n) is 5.33. The minimum Gasteiger partial charge on any atom is -0.458 e. The van der Waals surface area contributed by atoms with Gasteiger partial charge in [0.2, 0.25) is 0 Å². The van der Waals surface area contributed by atoms with Gasteiger partial charge < -0.3 is 10.1 Å². The van der Waals surface area contributed by atoms with Crippen molar-refractivity contribution in [2.45, 2.75) is 63.0 Å². The van der Waals surface area contributed by atoms with Crippen molar-refractivity contribution in [3.8, 4) is 0 Å². The molecule has 5 rings (SSSR count). The Labute approximate surface area is 109 Å². The van der Waals surface area contributed by atoms with E-state index in [-0.39, 0.29) is 17.6 Å². The Balaban J connectivity index is 1.48. The van der Waals surface area contributed by atoms with Gasteiger partial charge in [0.25, 0.3) is 0 Å². The average molecular weight is 249 g/mol. The van der Waals surface area contributed by atoms with Crippen LogP contribution >= 0.6 is 0 Å². The number of ether oxygens (including phenoxy) is 1. The van der Waals surface area contributed by atoms with Crippen LogP contribution < -0.4 is 5.32 Å². The smallest absolute Gasteiger partial charge is 0.323 e. The van der Waals surface area contributed by atoms with Gasteiger partial charge in [0.15, 0.2) is 0 Å². The molecule has 1 saturated heterocycles. The summed E-state index contributed by atoms with van der Waals surface area (Å²) in [5, 5.41) is 3.26. The summed E-state index contributed by atoms with van der Waals surface area (Å²) < 4.78 is 6.03. The molecule has 0 aromatic rings. The van der Waals surface area contributed by atoms with E-state index in [2.05, 4.69) is 5.32 Å². The number of esters is 1. The second kappa shape index (κ2) is 3.96. The highest BCUT2D eigenvalue weighted by Gasteiger charge is 2.53. The first-order valence-electron chi connectivity index (χ1n) is 7.69. The highest BCUT2D eigenvalue weighted by molar-refractivity contribution is 5.76. The summed E-state index contributed by atoms with van der Waals surface area (Å²) in [6, 6.07) is -0.0157. The van der Waals surface area contributed by atoms with Crippen LogP contribution in [-0.2, 0) is 9.53 Å². The van der Waals surface area contributed by atoms with Crippen molar-refractivity contribution in [2.24, 2.45) is 17.8 Å². The number of nitrogens with one attached hydrogen (secondary N) is 1. The standard InChI is InChI=1S/C15H23NO2/c17-14(13-2-1-3-16-13)18-15-7-10-4-11(8-15)6-12(5-10)9-15/h10-13,16H,1-9H2/t10?,11?,12?,13-,15?/m0/s1. The van der Waals surface area contributed by atoms with E-state index >= 15 is 0 Å². The van der Waals surface area contributed by atoms with E-state index in [9.17, 15) is 4.79 Å². The van der Waals surface area contributed by atoms with E-state index in [0.717, 1.165) is 56.4 Å². The molecule has 5 aliphatic rings. The summed E-state index contributed by atoms with van der Waals surface area (Å²) in [5.74, 6) is 2.58. The van der Waals surface area contributed by atoms with Crippen LogP contribution in [0.25, 0.3) is 0 Å². The molecule has 1 atom stereocenters. The number of rotatable bonds is 2. The topological polar surface area (TPSA) is 38.3 Å². The fourth-order valence-corrected chi connectivity index (χ4v) is 5.33. The zero-order chi connectivity index (χ0) is 12.2. The Morgan fingerprint density at radius 3 is 2.17 bits per heavy atom. The maximum Gasteiger partial charge on any atom is 0.323 e. The Kier molecular flexibility index (Phi) is 2.48. The van der Waals surface area contributed by atoms with Crippen molar-refractivity contribution in [1.29, 1.82) is 0 Å². The second-order valence-electron chi connectivity index (χ2n) is 7.17. The van der Waals surface area contributed by atoms with Crippen molar-refractivity contribution >= 4 is 5.97 Å². The predicted molar refractivity (Wildman–Crippen MR) is 68.0 cm³/mol. The van der Waals surface area contributed by atoms with Crippen molar-refractivity contribution in [1.82, 2.24) is 5.32 Å². The second-order valence-corrected chi connectivity index (χ2v) is 7.17. The molecule has 0 amide bonds. The lowest BCUT2D eigenvalue weighted by atomic mass is 9.54. The third-order valence-corrected chi connectivity index (χ3v) is 5.64. The van der Waals surface area contributed by atoms with Crippen molar-refractivity contribution < 1.29 is 9.53 Å². The first-order valence-corrected chi connectivity index (χ1v) is 7.69. The molecule has 4 saturated carbocycles. The summed E-state index contributed by atoms with van der Waals surface area (Å²) in [7, 11) is 0. The maximum absolute atomic E-state index is 12.2. The monoisotopic (exact) mass is 249 g/mol. The van der Waals surface area contributed by atoms with Gasteiger partial charge in [0.05, 0.1) is 0 Å². The highest BCUT2D eigenvalue weighted by Crippen LogP contribution is 2.57. The van der Waals surface area contributed by atoms with Gasteiger partial charge in [0.1, 0.15) is 11.6 Å². The normalized spacial score (nSPS) is 49.6. The lowest BCUT2D eigenvalue weighted by Gasteiger charge is -2.55. The Morgan fingerprint density at radius 1 is 1.06 bits per heavy atom. The largest absolute Gasteiger partial charge is 0.458 e. The fraction of sp³-hybridized carbons (Fsp3) is 0.933. The molecule has 0 aromatic heterocycles. The summed E-state index contributed by atoms with van der Waals surface area (Å²) >= 11 is 0. The third-order valence-electron chi connectivity index (χ3n) is 5.64.